The first-order valence-corrected chi connectivity index (χ1v) is 7.15. The lowest BCUT2D eigenvalue weighted by atomic mass is 10.2. The van der Waals surface area contributed by atoms with E-state index in [1.54, 1.807) is 6.07 Å². The third-order valence-electron chi connectivity index (χ3n) is 2.42. The van der Waals surface area contributed by atoms with Crippen LogP contribution in [0.4, 0.5) is 0 Å². The van der Waals surface area contributed by atoms with E-state index in [0.717, 1.165) is 17.3 Å². The number of hydrogen-bond acceptors (Lipinski definition) is 3. The fraction of sp³-hybridized carbons (Fsp3) is 0.333. The second-order valence-electron chi connectivity index (χ2n) is 3.84. The van der Waals surface area contributed by atoms with Crippen molar-refractivity contribution in [2.45, 2.75) is 25.1 Å². The molecule has 0 amide bonds. The zero-order valence-electron chi connectivity index (χ0n) is 9.66. The van der Waals surface area contributed by atoms with E-state index in [1.165, 1.54) is 0 Å². The maximum absolute atomic E-state index is 6.15. The van der Waals surface area contributed by atoms with Gasteiger partial charge in [-0.25, -0.2) is 0 Å². The van der Waals surface area contributed by atoms with Gasteiger partial charge >= 0.3 is 0 Å². The van der Waals surface area contributed by atoms with E-state index in [-0.39, 0.29) is 5.38 Å². The van der Waals surface area contributed by atoms with Gasteiger partial charge in [0.15, 0.2) is 5.82 Å². The predicted octanol–water partition coefficient (Wildman–Crippen LogP) is 5.23. The molecule has 0 bridgehead atoms. The molecule has 18 heavy (non-hydrogen) atoms. The molecule has 3 nitrogen and oxygen atoms in total. The zero-order chi connectivity index (χ0) is 13.1. The molecular weight excluding hydrogens is 339 g/mol. The maximum atomic E-state index is 6.15. The van der Waals surface area contributed by atoms with E-state index in [9.17, 15) is 0 Å². The lowest BCUT2D eigenvalue weighted by Crippen LogP contribution is -1.92. The standard InChI is InChI=1S/C12H11BrCl2N2O/c1-2-3-10(15)11-16-12(18-17-11)8-6-7(13)4-5-9(8)14/h4-6,10H,2-3H2,1H3. The summed E-state index contributed by atoms with van der Waals surface area (Å²) in [5.41, 5.74) is 0.699. The summed E-state index contributed by atoms with van der Waals surface area (Å²) in [6.07, 6.45) is 1.78. The van der Waals surface area contributed by atoms with Crippen molar-refractivity contribution in [3.05, 3.63) is 33.5 Å². The second-order valence-corrected chi connectivity index (χ2v) is 5.69. The summed E-state index contributed by atoms with van der Waals surface area (Å²) in [6.45, 7) is 2.06. The summed E-state index contributed by atoms with van der Waals surface area (Å²) in [5, 5.41) is 4.23. The molecule has 0 N–H and O–H groups in total. The van der Waals surface area contributed by atoms with Gasteiger partial charge < -0.3 is 4.52 Å². The number of halogens is 3. The van der Waals surface area contributed by atoms with Crippen LogP contribution < -0.4 is 0 Å². The van der Waals surface area contributed by atoms with Crippen molar-refractivity contribution in [1.29, 1.82) is 0 Å². The van der Waals surface area contributed by atoms with Crippen molar-refractivity contribution in [2.24, 2.45) is 0 Å². The summed E-state index contributed by atoms with van der Waals surface area (Å²) in [6, 6.07) is 5.46. The normalized spacial score (nSPS) is 12.7. The maximum Gasteiger partial charge on any atom is 0.259 e. The minimum absolute atomic E-state index is 0.224. The van der Waals surface area contributed by atoms with E-state index in [1.807, 2.05) is 12.1 Å². The Morgan fingerprint density at radius 3 is 2.94 bits per heavy atom. The molecule has 1 aromatic carbocycles. The topological polar surface area (TPSA) is 38.9 Å². The molecule has 2 aromatic rings. The Morgan fingerprint density at radius 2 is 2.22 bits per heavy atom. The molecule has 0 radical (unpaired) electrons. The Labute approximate surface area is 124 Å². The Morgan fingerprint density at radius 1 is 1.44 bits per heavy atom. The fourth-order valence-electron chi connectivity index (χ4n) is 1.52. The van der Waals surface area contributed by atoms with Gasteiger partial charge in [0.1, 0.15) is 0 Å². The van der Waals surface area contributed by atoms with E-state index < -0.39 is 0 Å². The zero-order valence-corrected chi connectivity index (χ0v) is 12.8. The molecule has 6 heteroatoms. The van der Waals surface area contributed by atoms with Crippen molar-refractivity contribution < 1.29 is 4.52 Å². The van der Waals surface area contributed by atoms with Crippen molar-refractivity contribution in [1.82, 2.24) is 10.1 Å². The first-order valence-electron chi connectivity index (χ1n) is 5.55. The van der Waals surface area contributed by atoms with E-state index >= 15 is 0 Å². The van der Waals surface area contributed by atoms with Crippen molar-refractivity contribution in [3.8, 4) is 11.5 Å². The summed E-state index contributed by atoms with van der Waals surface area (Å²) < 4.78 is 6.10. The summed E-state index contributed by atoms with van der Waals surface area (Å²) in [5.74, 6) is 0.891. The predicted molar refractivity (Wildman–Crippen MR) is 75.9 cm³/mol. The Balaban J connectivity index is 2.32. The van der Waals surface area contributed by atoms with Gasteiger partial charge in [0.2, 0.25) is 0 Å². The Kier molecular flexibility index (Phi) is 4.65. The summed E-state index contributed by atoms with van der Waals surface area (Å²) in [7, 11) is 0. The van der Waals surface area contributed by atoms with Gasteiger partial charge in [0, 0.05) is 4.47 Å². The largest absolute Gasteiger partial charge is 0.334 e. The number of hydrogen-bond donors (Lipinski definition) is 0. The van der Waals surface area contributed by atoms with E-state index in [2.05, 4.69) is 33.0 Å². The van der Waals surface area contributed by atoms with Gasteiger partial charge in [-0.1, -0.05) is 46.0 Å². The van der Waals surface area contributed by atoms with Gasteiger partial charge in [0.05, 0.1) is 16.0 Å². The Hall–Kier alpha value is -0.580. The van der Waals surface area contributed by atoms with Gasteiger partial charge in [-0.05, 0) is 24.6 Å². The molecular formula is C12H11BrCl2N2O. The third-order valence-corrected chi connectivity index (χ3v) is 3.66. The number of benzene rings is 1. The molecule has 0 aliphatic rings. The van der Waals surface area contributed by atoms with Gasteiger partial charge in [0.25, 0.3) is 5.89 Å². The van der Waals surface area contributed by atoms with Crippen molar-refractivity contribution >= 4 is 39.1 Å². The van der Waals surface area contributed by atoms with Crippen molar-refractivity contribution in [3.63, 3.8) is 0 Å². The first kappa shape index (κ1) is 13.8. The van der Waals surface area contributed by atoms with Crippen LogP contribution in [0, 0.1) is 0 Å². The van der Waals surface area contributed by atoms with Crippen LogP contribution in [0.15, 0.2) is 27.2 Å². The van der Waals surface area contributed by atoms with E-state index in [0.29, 0.717) is 22.3 Å². The molecule has 1 aromatic heterocycles. The Bertz CT molecular complexity index is 545. The van der Waals surface area contributed by atoms with Gasteiger partial charge in [-0.2, -0.15) is 4.98 Å². The smallest absolute Gasteiger partial charge is 0.259 e. The van der Waals surface area contributed by atoms with Crippen LogP contribution in [0.25, 0.3) is 11.5 Å². The average molecular weight is 350 g/mol. The lowest BCUT2D eigenvalue weighted by Gasteiger charge is -2.00. The second kappa shape index (κ2) is 6.04. The molecule has 1 unspecified atom stereocenters. The molecule has 1 atom stereocenters. The summed E-state index contributed by atoms with van der Waals surface area (Å²) in [4.78, 5) is 4.29. The van der Waals surface area contributed by atoms with E-state index in [4.69, 9.17) is 27.7 Å². The molecule has 0 fully saturated rings. The lowest BCUT2D eigenvalue weighted by molar-refractivity contribution is 0.420. The van der Waals surface area contributed by atoms with Crippen molar-refractivity contribution in [2.75, 3.05) is 0 Å². The molecule has 0 spiro atoms. The molecule has 1 heterocycles. The SMILES string of the molecule is CCCC(Cl)c1noc(-c2cc(Br)ccc2Cl)n1. The molecule has 0 saturated heterocycles. The number of rotatable bonds is 4. The quantitative estimate of drug-likeness (QED) is 0.709. The molecule has 0 aliphatic carbocycles. The minimum atomic E-state index is -0.224. The van der Waals surface area contributed by atoms with Gasteiger partial charge in [-0.3, -0.25) is 0 Å². The van der Waals surface area contributed by atoms with Crippen LogP contribution in [-0.4, -0.2) is 10.1 Å². The number of alkyl halides is 1. The minimum Gasteiger partial charge on any atom is -0.334 e. The van der Waals surface area contributed by atoms with Crippen LogP contribution in [0.1, 0.15) is 31.0 Å². The molecule has 2 rings (SSSR count). The van der Waals surface area contributed by atoms with Crippen LogP contribution in [0.2, 0.25) is 5.02 Å². The highest BCUT2D eigenvalue weighted by Crippen LogP contribution is 2.31. The third kappa shape index (κ3) is 3.05. The number of aromatic nitrogens is 2. The average Bonchev–Trinajstić information content (AvgIpc) is 2.82. The molecule has 96 valence electrons. The van der Waals surface area contributed by atoms with Gasteiger partial charge in [-0.15, -0.1) is 11.6 Å². The van der Waals surface area contributed by atoms with Crippen LogP contribution >= 0.6 is 39.1 Å². The highest BCUT2D eigenvalue weighted by Gasteiger charge is 2.17. The molecule has 0 saturated carbocycles. The highest BCUT2D eigenvalue weighted by molar-refractivity contribution is 9.10. The molecule has 0 aliphatic heterocycles. The first-order chi connectivity index (χ1) is 8.61. The van der Waals surface area contributed by atoms with Crippen LogP contribution in [-0.2, 0) is 0 Å². The number of nitrogens with zero attached hydrogens (tertiary/aromatic N) is 2. The van der Waals surface area contributed by atoms with Crippen LogP contribution in [0.3, 0.4) is 0 Å². The summed E-state index contributed by atoms with van der Waals surface area (Å²) >= 11 is 15.6. The van der Waals surface area contributed by atoms with Crippen LogP contribution in [0.5, 0.6) is 0 Å². The highest BCUT2D eigenvalue weighted by atomic mass is 79.9. The fourth-order valence-corrected chi connectivity index (χ4v) is 2.38. The monoisotopic (exact) mass is 348 g/mol.